The van der Waals surface area contributed by atoms with Gasteiger partial charge in [0.2, 0.25) is 23.6 Å². The molecule has 59 heavy (non-hydrogen) atoms. The van der Waals surface area contributed by atoms with Gasteiger partial charge < -0.3 is 24.3 Å². The van der Waals surface area contributed by atoms with Crippen molar-refractivity contribution in [2.75, 3.05) is 39.4 Å². The number of rotatable bonds is 26. The van der Waals surface area contributed by atoms with Crippen LogP contribution in [-0.4, -0.2) is 82.6 Å². The minimum absolute atomic E-state index is 0.0779. The molecule has 0 unspecified atom stereocenters. The molecule has 9 heteroatoms. The van der Waals surface area contributed by atoms with Gasteiger partial charge in [0.15, 0.2) is 0 Å². The SMILES string of the molecule is C=CC(=O)N(CCCCOCCCCN(Cc1ccccc1)C(=O)/C=C/C=C/C(=O)N(CCN(Cc1ccccc1)C(=O)C=C)Cc1ccccc1)Cc1ccccc1. The molecule has 0 aliphatic heterocycles. The third-order valence-corrected chi connectivity index (χ3v) is 9.62. The Balaban J connectivity index is 1.27. The van der Waals surface area contributed by atoms with Gasteiger partial charge in [0.1, 0.15) is 0 Å². The van der Waals surface area contributed by atoms with Crippen molar-refractivity contribution in [3.8, 4) is 0 Å². The van der Waals surface area contributed by atoms with E-state index in [4.69, 9.17) is 4.74 Å². The lowest BCUT2D eigenvalue weighted by Gasteiger charge is -2.27. The fourth-order valence-corrected chi connectivity index (χ4v) is 6.39. The molecule has 308 valence electrons. The van der Waals surface area contributed by atoms with E-state index in [0.717, 1.165) is 47.9 Å². The van der Waals surface area contributed by atoms with Crippen molar-refractivity contribution in [2.45, 2.75) is 51.9 Å². The highest BCUT2D eigenvalue weighted by Gasteiger charge is 2.17. The largest absolute Gasteiger partial charge is 0.381 e. The number of nitrogens with zero attached hydrogens (tertiary/aromatic N) is 4. The maximum Gasteiger partial charge on any atom is 0.246 e. The summed E-state index contributed by atoms with van der Waals surface area (Å²) in [5.41, 5.74) is 4.07. The van der Waals surface area contributed by atoms with Gasteiger partial charge in [0, 0.05) is 77.7 Å². The Morgan fingerprint density at radius 3 is 1.02 bits per heavy atom. The monoisotopic (exact) mass is 794 g/mol. The molecule has 0 aliphatic rings. The first-order chi connectivity index (χ1) is 28.9. The Kier molecular flexibility index (Phi) is 20.4. The van der Waals surface area contributed by atoms with E-state index in [-0.39, 0.29) is 23.6 Å². The minimum Gasteiger partial charge on any atom is -0.381 e. The van der Waals surface area contributed by atoms with Gasteiger partial charge in [-0.2, -0.15) is 0 Å². The Bertz CT molecular complexity index is 1930. The summed E-state index contributed by atoms with van der Waals surface area (Å²) in [5.74, 6) is -0.665. The number of hydrogen-bond acceptors (Lipinski definition) is 5. The van der Waals surface area contributed by atoms with Gasteiger partial charge in [-0.1, -0.05) is 147 Å². The van der Waals surface area contributed by atoms with E-state index in [0.29, 0.717) is 65.6 Å². The van der Waals surface area contributed by atoms with Gasteiger partial charge in [-0.05, 0) is 60.1 Å². The molecule has 4 aromatic rings. The summed E-state index contributed by atoms with van der Waals surface area (Å²) >= 11 is 0. The predicted molar refractivity (Wildman–Crippen MR) is 235 cm³/mol. The van der Waals surface area contributed by atoms with Crippen LogP contribution in [0.5, 0.6) is 0 Å². The van der Waals surface area contributed by atoms with Crippen LogP contribution >= 0.6 is 0 Å². The van der Waals surface area contributed by atoms with Crippen LogP contribution in [-0.2, 0) is 50.1 Å². The number of amides is 4. The van der Waals surface area contributed by atoms with Crippen molar-refractivity contribution < 1.29 is 23.9 Å². The van der Waals surface area contributed by atoms with Crippen LogP contribution in [0.4, 0.5) is 0 Å². The molecular weight excluding hydrogens is 737 g/mol. The van der Waals surface area contributed by atoms with Crippen LogP contribution in [0.3, 0.4) is 0 Å². The molecule has 4 amide bonds. The van der Waals surface area contributed by atoms with Crippen molar-refractivity contribution in [3.05, 3.63) is 193 Å². The van der Waals surface area contributed by atoms with Crippen molar-refractivity contribution in [1.29, 1.82) is 0 Å². The van der Waals surface area contributed by atoms with Crippen molar-refractivity contribution in [2.24, 2.45) is 0 Å². The second-order valence-corrected chi connectivity index (χ2v) is 14.1. The Hall–Kier alpha value is -6.32. The van der Waals surface area contributed by atoms with Crippen LogP contribution in [0, 0.1) is 0 Å². The first-order valence-corrected chi connectivity index (χ1v) is 20.3. The van der Waals surface area contributed by atoms with Crippen LogP contribution in [0.15, 0.2) is 171 Å². The number of hydrogen-bond donors (Lipinski definition) is 0. The van der Waals surface area contributed by atoms with E-state index in [1.54, 1.807) is 31.8 Å². The van der Waals surface area contributed by atoms with Crippen molar-refractivity contribution in [3.63, 3.8) is 0 Å². The highest BCUT2D eigenvalue weighted by Crippen LogP contribution is 2.12. The van der Waals surface area contributed by atoms with Gasteiger partial charge in [-0.15, -0.1) is 0 Å². The molecule has 0 spiro atoms. The van der Waals surface area contributed by atoms with Gasteiger partial charge in [0.25, 0.3) is 0 Å². The first kappa shape index (κ1) is 45.4. The zero-order valence-electron chi connectivity index (χ0n) is 34.2. The average molecular weight is 795 g/mol. The molecule has 0 aliphatic carbocycles. The number of benzene rings is 4. The zero-order chi connectivity index (χ0) is 41.9. The highest BCUT2D eigenvalue weighted by molar-refractivity contribution is 5.90. The van der Waals surface area contributed by atoms with E-state index in [1.165, 1.54) is 24.3 Å². The van der Waals surface area contributed by atoms with Crippen LogP contribution in [0.1, 0.15) is 47.9 Å². The summed E-state index contributed by atoms with van der Waals surface area (Å²) in [7, 11) is 0. The normalized spacial score (nSPS) is 11.0. The molecule has 9 nitrogen and oxygen atoms in total. The number of allylic oxidation sites excluding steroid dienone is 2. The van der Waals surface area contributed by atoms with Crippen molar-refractivity contribution >= 4 is 23.6 Å². The summed E-state index contributed by atoms with van der Waals surface area (Å²) in [6.45, 7) is 12.1. The molecule has 4 rings (SSSR count). The van der Waals surface area contributed by atoms with Gasteiger partial charge >= 0.3 is 0 Å². The summed E-state index contributed by atoms with van der Waals surface area (Å²) in [6.07, 6.45) is 12.0. The first-order valence-electron chi connectivity index (χ1n) is 20.3. The molecule has 4 aromatic carbocycles. The van der Waals surface area contributed by atoms with E-state index < -0.39 is 0 Å². The van der Waals surface area contributed by atoms with Gasteiger partial charge in [-0.25, -0.2) is 0 Å². The quantitative estimate of drug-likeness (QED) is 0.0364. The molecular formula is C50H58N4O5. The molecule has 0 aromatic heterocycles. The summed E-state index contributed by atoms with van der Waals surface area (Å²) in [5, 5.41) is 0. The lowest BCUT2D eigenvalue weighted by atomic mass is 10.2. The lowest BCUT2D eigenvalue weighted by molar-refractivity contribution is -0.130. The molecule has 0 bridgehead atoms. The van der Waals surface area contributed by atoms with E-state index >= 15 is 0 Å². The number of carbonyl (C=O) groups excluding carboxylic acids is 4. The molecule has 0 heterocycles. The van der Waals surface area contributed by atoms with E-state index in [1.807, 2.05) is 121 Å². The smallest absolute Gasteiger partial charge is 0.246 e. The molecule has 0 atom stereocenters. The zero-order valence-corrected chi connectivity index (χ0v) is 34.2. The Morgan fingerprint density at radius 2 is 0.695 bits per heavy atom. The number of carbonyl (C=O) groups is 4. The van der Waals surface area contributed by atoms with E-state index in [2.05, 4.69) is 13.2 Å². The number of ether oxygens (including phenoxy) is 1. The third-order valence-electron chi connectivity index (χ3n) is 9.62. The van der Waals surface area contributed by atoms with Crippen molar-refractivity contribution in [1.82, 2.24) is 19.6 Å². The lowest BCUT2D eigenvalue weighted by Crippen LogP contribution is -2.39. The maximum atomic E-state index is 13.6. The standard InChI is InChI=1S/C50H58N4O5/c1-3-47(55)51(39-43-23-9-5-10-24-43)33-19-21-37-59-38-22-20-34-52(40-44-25-11-6-12-26-44)49(57)31-17-18-32-50(58)54(42-46-29-15-8-16-30-46)36-35-53(48(56)4-2)41-45-27-13-7-14-28-45/h3-18,23-32H,1-2,19-22,33-42H2/b31-17+,32-18+. The molecule has 0 N–H and O–H groups in total. The number of unbranched alkanes of at least 4 members (excludes halogenated alkanes) is 2. The fraction of sp³-hybridized carbons (Fsp3) is 0.280. The second kappa shape index (κ2) is 26.6. The topological polar surface area (TPSA) is 90.5 Å². The Labute approximate surface area is 350 Å². The van der Waals surface area contributed by atoms with Crippen LogP contribution in [0.25, 0.3) is 0 Å². The second-order valence-electron chi connectivity index (χ2n) is 14.1. The third kappa shape index (κ3) is 17.4. The summed E-state index contributed by atoms with van der Waals surface area (Å²) < 4.78 is 5.90. The molecule has 0 saturated carbocycles. The van der Waals surface area contributed by atoms with E-state index in [9.17, 15) is 19.2 Å². The fourth-order valence-electron chi connectivity index (χ4n) is 6.39. The molecule has 0 saturated heterocycles. The molecule has 0 fully saturated rings. The predicted octanol–water partition coefficient (Wildman–Crippen LogP) is 8.16. The highest BCUT2D eigenvalue weighted by atomic mass is 16.5. The van der Waals surface area contributed by atoms with Gasteiger partial charge in [-0.3, -0.25) is 19.2 Å². The van der Waals surface area contributed by atoms with Gasteiger partial charge in [0.05, 0.1) is 0 Å². The van der Waals surface area contributed by atoms with Crippen LogP contribution < -0.4 is 0 Å². The Morgan fingerprint density at radius 1 is 0.407 bits per heavy atom. The molecule has 0 radical (unpaired) electrons. The minimum atomic E-state index is -0.229. The summed E-state index contributed by atoms with van der Waals surface area (Å²) in [6, 6.07) is 39.2. The maximum absolute atomic E-state index is 13.6. The summed E-state index contributed by atoms with van der Waals surface area (Å²) in [4.78, 5) is 59.2. The van der Waals surface area contributed by atoms with Crippen LogP contribution in [0.2, 0.25) is 0 Å². The average Bonchev–Trinajstić information content (AvgIpc) is 3.27.